The van der Waals surface area contributed by atoms with Gasteiger partial charge in [0.25, 0.3) is 0 Å². The molecule has 3 heterocycles. The molecule has 33 heavy (non-hydrogen) atoms. The van der Waals surface area contributed by atoms with E-state index in [-0.39, 0.29) is 23.7 Å². The van der Waals surface area contributed by atoms with Gasteiger partial charge >= 0.3 is 6.18 Å². The molecule has 0 saturated heterocycles. The van der Waals surface area contributed by atoms with Gasteiger partial charge in [0.05, 0.1) is 35.2 Å². The van der Waals surface area contributed by atoms with Crippen LogP contribution in [-0.4, -0.2) is 32.9 Å². The molecule has 6 nitrogen and oxygen atoms in total. The molecule has 5 rings (SSSR count). The fourth-order valence-electron chi connectivity index (χ4n) is 4.33. The summed E-state index contributed by atoms with van der Waals surface area (Å²) in [6, 6.07) is 4.56. The van der Waals surface area contributed by atoms with Crippen LogP contribution < -0.4 is 10.5 Å². The summed E-state index contributed by atoms with van der Waals surface area (Å²) in [4.78, 5) is 10.1. The first kappa shape index (κ1) is 21.0. The molecule has 1 aliphatic rings. The third kappa shape index (κ3) is 3.24. The molecule has 0 amide bonds. The van der Waals surface area contributed by atoms with Crippen molar-refractivity contribution < 1.29 is 22.3 Å². The lowest BCUT2D eigenvalue weighted by atomic mass is 9.97. The van der Waals surface area contributed by atoms with Crippen molar-refractivity contribution >= 4 is 28.1 Å². The predicted molar refractivity (Wildman–Crippen MR) is 116 cm³/mol. The number of benzene rings is 2. The zero-order chi connectivity index (χ0) is 23.7. The number of anilines is 1. The van der Waals surface area contributed by atoms with E-state index in [2.05, 4.69) is 16.5 Å². The first-order chi connectivity index (χ1) is 15.6. The van der Waals surface area contributed by atoms with E-state index in [0.29, 0.717) is 33.4 Å². The van der Waals surface area contributed by atoms with Crippen LogP contribution in [-0.2, 0) is 6.18 Å². The summed E-state index contributed by atoms with van der Waals surface area (Å²) in [6.07, 6.45) is -1.34. The second-order valence-corrected chi connectivity index (χ2v) is 8.05. The maximum absolute atomic E-state index is 15.1. The molecule has 0 radical (unpaired) electrons. The molecule has 0 aliphatic carbocycles. The number of nitrogens with two attached hydrogens (primary N) is 1. The summed E-state index contributed by atoms with van der Waals surface area (Å²) in [5.41, 5.74) is 8.36. The first-order valence-electron chi connectivity index (χ1n) is 10.0. The number of alkyl halides is 3. The van der Waals surface area contributed by atoms with Gasteiger partial charge in [-0.05, 0) is 30.7 Å². The quantitative estimate of drug-likeness (QED) is 0.440. The van der Waals surface area contributed by atoms with Crippen LogP contribution in [0.3, 0.4) is 0 Å². The molecular formula is C23H19F4N5O. The number of nitrogen functional groups attached to an aromatic ring is 1. The number of aryl methyl sites for hydroxylation is 1. The number of imidazole rings is 1. The van der Waals surface area contributed by atoms with Gasteiger partial charge in [-0.15, -0.1) is 0 Å². The van der Waals surface area contributed by atoms with Gasteiger partial charge in [0.2, 0.25) is 0 Å². The molecule has 0 spiro atoms. The monoisotopic (exact) mass is 457 g/mol. The van der Waals surface area contributed by atoms with Crippen LogP contribution in [0.4, 0.5) is 23.4 Å². The third-order valence-electron chi connectivity index (χ3n) is 6.08. The Labute approximate surface area is 185 Å². The fourth-order valence-corrected chi connectivity index (χ4v) is 4.33. The maximum atomic E-state index is 15.1. The Balaban J connectivity index is 1.55. The van der Waals surface area contributed by atoms with Crippen molar-refractivity contribution in [2.24, 2.45) is 0 Å². The van der Waals surface area contributed by atoms with E-state index in [1.54, 1.807) is 41.9 Å². The molecule has 10 heteroatoms. The van der Waals surface area contributed by atoms with Crippen LogP contribution in [0.1, 0.15) is 28.3 Å². The Morgan fingerprint density at radius 1 is 1.24 bits per heavy atom. The number of likely N-dealkylation sites (N-methyl/N-ethyl adjacent to an activating group) is 1. The summed E-state index contributed by atoms with van der Waals surface area (Å²) in [5.74, 6) is -0.142. The average Bonchev–Trinajstić information content (AvgIpc) is 3.40. The average molecular weight is 457 g/mol. The number of hydrogen-bond donors (Lipinski definition) is 1. The number of halogens is 4. The summed E-state index contributed by atoms with van der Waals surface area (Å²) in [7, 11) is 1.71. The number of rotatable bonds is 3. The summed E-state index contributed by atoms with van der Waals surface area (Å²) < 4.78 is 61.9. The van der Waals surface area contributed by atoms with E-state index < -0.39 is 23.6 Å². The van der Waals surface area contributed by atoms with E-state index in [4.69, 9.17) is 10.5 Å². The van der Waals surface area contributed by atoms with Crippen molar-refractivity contribution in [2.45, 2.75) is 19.1 Å². The van der Waals surface area contributed by atoms with Crippen molar-refractivity contribution in [3.8, 4) is 5.75 Å². The topological polar surface area (TPSA) is 68.7 Å². The van der Waals surface area contributed by atoms with Gasteiger partial charge in [0, 0.05) is 29.9 Å². The number of fused-ring (bicyclic) bond motifs is 4. The number of ether oxygens (including phenoxy) is 1. The number of aromatic nitrogens is 3. The summed E-state index contributed by atoms with van der Waals surface area (Å²) in [6.45, 7) is 5.79. The highest BCUT2D eigenvalue weighted by atomic mass is 19.4. The minimum atomic E-state index is -4.47. The van der Waals surface area contributed by atoms with Gasteiger partial charge < -0.3 is 15.4 Å². The molecule has 1 unspecified atom stereocenters. The van der Waals surface area contributed by atoms with Crippen LogP contribution >= 0.6 is 0 Å². The molecule has 1 atom stereocenters. The molecule has 0 saturated carbocycles. The van der Waals surface area contributed by atoms with Gasteiger partial charge in [0.1, 0.15) is 29.5 Å². The molecule has 0 bridgehead atoms. The minimum Gasteiger partial charge on any atom is -0.491 e. The highest BCUT2D eigenvalue weighted by molar-refractivity contribution is 5.86. The minimum absolute atomic E-state index is 0.117. The van der Waals surface area contributed by atoms with E-state index >= 15 is 4.39 Å². The molecule has 2 aromatic heterocycles. The second kappa shape index (κ2) is 7.09. The lowest BCUT2D eigenvalue weighted by Gasteiger charge is -2.29. The highest BCUT2D eigenvalue weighted by Gasteiger charge is 2.36. The molecule has 1 aliphatic heterocycles. The molecule has 170 valence electrons. The third-order valence-corrected chi connectivity index (χ3v) is 6.08. The lowest BCUT2D eigenvalue weighted by molar-refractivity contribution is -0.137. The van der Waals surface area contributed by atoms with Crippen molar-refractivity contribution in [2.75, 3.05) is 19.4 Å². The normalized spacial score (nSPS) is 15.6. The van der Waals surface area contributed by atoms with E-state index in [0.717, 1.165) is 12.1 Å². The van der Waals surface area contributed by atoms with Crippen LogP contribution in [0, 0.1) is 12.7 Å². The Morgan fingerprint density at radius 3 is 2.73 bits per heavy atom. The van der Waals surface area contributed by atoms with Crippen LogP contribution in [0.2, 0.25) is 0 Å². The largest absolute Gasteiger partial charge is 0.491 e. The zero-order valence-corrected chi connectivity index (χ0v) is 17.7. The van der Waals surface area contributed by atoms with E-state index in [9.17, 15) is 13.2 Å². The smallest absolute Gasteiger partial charge is 0.416 e. The van der Waals surface area contributed by atoms with Crippen molar-refractivity contribution in [1.29, 1.82) is 0 Å². The van der Waals surface area contributed by atoms with Crippen LogP contribution in [0.15, 0.2) is 43.4 Å². The Hall–Kier alpha value is -3.82. The van der Waals surface area contributed by atoms with E-state index in [1.165, 1.54) is 6.07 Å². The maximum Gasteiger partial charge on any atom is 0.416 e. The second-order valence-electron chi connectivity index (χ2n) is 8.05. The van der Waals surface area contributed by atoms with Gasteiger partial charge in [0.15, 0.2) is 0 Å². The SMILES string of the molecule is C=C(c1cc2c(cc1F)nc(N)c1cncn12)N(C)C1COc2cc(C(F)(F)F)cc(C)c21. The Kier molecular flexibility index (Phi) is 4.52. The standard InChI is InChI=1S/C23H19F4N5O/c1-11-4-13(23(25,26)27)5-20-21(11)19(9-33-20)31(3)12(2)14-6-17-16(7-15(14)24)30-22(28)18-8-29-10-32(17)18/h4-8,10,19H,2,9H2,1,3H3,(H2,28,30). The Morgan fingerprint density at radius 2 is 2.00 bits per heavy atom. The van der Waals surface area contributed by atoms with Gasteiger partial charge in [-0.25, -0.2) is 14.4 Å². The fraction of sp³-hybridized carbons (Fsp3) is 0.217. The van der Waals surface area contributed by atoms with Crippen LogP contribution in [0.25, 0.3) is 22.2 Å². The van der Waals surface area contributed by atoms with Crippen molar-refractivity contribution in [3.63, 3.8) is 0 Å². The molecule has 2 aromatic carbocycles. The van der Waals surface area contributed by atoms with Crippen molar-refractivity contribution in [1.82, 2.24) is 19.3 Å². The summed E-state index contributed by atoms with van der Waals surface area (Å²) in [5, 5.41) is 0. The highest BCUT2D eigenvalue weighted by Crippen LogP contribution is 2.44. The van der Waals surface area contributed by atoms with Gasteiger partial charge in [-0.3, -0.25) is 4.40 Å². The van der Waals surface area contributed by atoms with Crippen molar-refractivity contribution in [3.05, 3.63) is 71.4 Å². The van der Waals surface area contributed by atoms with Crippen LogP contribution in [0.5, 0.6) is 5.75 Å². The molecule has 0 fully saturated rings. The first-order valence-corrected chi connectivity index (χ1v) is 10.0. The van der Waals surface area contributed by atoms with E-state index in [1.807, 2.05) is 0 Å². The number of hydrogen-bond acceptors (Lipinski definition) is 5. The number of nitrogens with zero attached hydrogens (tertiary/aromatic N) is 4. The van der Waals surface area contributed by atoms with Gasteiger partial charge in [-0.2, -0.15) is 13.2 Å². The predicted octanol–water partition coefficient (Wildman–Crippen LogP) is 4.97. The molecule has 4 aromatic rings. The lowest BCUT2D eigenvalue weighted by Crippen LogP contribution is -2.25. The zero-order valence-electron chi connectivity index (χ0n) is 17.7. The molecule has 2 N–H and O–H groups in total. The Bertz CT molecular complexity index is 1440. The van der Waals surface area contributed by atoms with Gasteiger partial charge in [-0.1, -0.05) is 6.58 Å². The summed E-state index contributed by atoms with van der Waals surface area (Å²) >= 11 is 0. The molecular weight excluding hydrogens is 438 g/mol.